The Hall–Kier alpha value is -1.87. The van der Waals surface area contributed by atoms with Crippen molar-refractivity contribution in [2.75, 3.05) is 5.43 Å². The average molecular weight is 272 g/mol. The monoisotopic (exact) mass is 271 g/mol. The standard InChI is InChI=1S/C15H14ClN3/c1-10-2-4-12(8-10)18-19-14-6-7-17-15-9-11(16)3-5-13(14)15/h3,5-9H,2,4H2,1H3,(H,17,19)/b18-12-. The maximum atomic E-state index is 5.97. The molecule has 0 aliphatic heterocycles. The van der Waals surface area contributed by atoms with Crippen molar-refractivity contribution in [3.05, 3.63) is 47.1 Å². The maximum Gasteiger partial charge on any atom is 0.0738 e. The highest BCUT2D eigenvalue weighted by Crippen LogP contribution is 2.24. The molecule has 0 spiro atoms. The van der Waals surface area contributed by atoms with Crippen LogP contribution in [-0.4, -0.2) is 10.7 Å². The average Bonchev–Trinajstić information content (AvgIpc) is 2.81. The second kappa shape index (κ2) is 5.02. The lowest BCUT2D eigenvalue weighted by molar-refractivity contribution is 1.05. The van der Waals surface area contributed by atoms with Crippen molar-refractivity contribution in [2.45, 2.75) is 19.8 Å². The van der Waals surface area contributed by atoms with Gasteiger partial charge in [-0.1, -0.05) is 17.2 Å². The second-order valence-corrected chi connectivity index (χ2v) is 5.16. The van der Waals surface area contributed by atoms with Gasteiger partial charge >= 0.3 is 0 Å². The predicted molar refractivity (Wildman–Crippen MR) is 80.8 cm³/mol. The molecule has 1 heterocycles. The van der Waals surface area contributed by atoms with E-state index in [1.54, 1.807) is 6.20 Å². The fourth-order valence-electron chi connectivity index (χ4n) is 2.19. The summed E-state index contributed by atoms with van der Waals surface area (Å²) in [6.45, 7) is 2.13. The zero-order valence-corrected chi connectivity index (χ0v) is 11.4. The van der Waals surface area contributed by atoms with Crippen molar-refractivity contribution >= 4 is 33.9 Å². The molecule has 0 unspecified atom stereocenters. The van der Waals surface area contributed by atoms with Gasteiger partial charge in [-0.25, -0.2) is 0 Å². The van der Waals surface area contributed by atoms with Gasteiger partial charge in [0, 0.05) is 16.6 Å². The zero-order chi connectivity index (χ0) is 13.2. The van der Waals surface area contributed by atoms with Crippen LogP contribution in [0.15, 0.2) is 47.2 Å². The summed E-state index contributed by atoms with van der Waals surface area (Å²) in [5.74, 6) is 0. The first-order chi connectivity index (χ1) is 9.22. The lowest BCUT2D eigenvalue weighted by atomic mass is 10.2. The van der Waals surface area contributed by atoms with Crippen LogP contribution < -0.4 is 5.43 Å². The quantitative estimate of drug-likeness (QED) is 0.822. The number of aromatic nitrogens is 1. The van der Waals surface area contributed by atoms with E-state index in [0.717, 1.165) is 35.1 Å². The summed E-state index contributed by atoms with van der Waals surface area (Å²) in [5, 5.41) is 6.16. The van der Waals surface area contributed by atoms with E-state index in [4.69, 9.17) is 11.6 Å². The van der Waals surface area contributed by atoms with E-state index in [0.29, 0.717) is 5.02 Å². The lowest BCUT2D eigenvalue weighted by Crippen LogP contribution is -1.96. The Labute approximate surface area is 117 Å². The molecule has 0 atom stereocenters. The number of rotatable bonds is 2. The molecule has 1 N–H and O–H groups in total. The molecular weight excluding hydrogens is 258 g/mol. The Morgan fingerprint density at radius 3 is 2.95 bits per heavy atom. The minimum atomic E-state index is 0.692. The highest BCUT2D eigenvalue weighted by Gasteiger charge is 2.07. The molecule has 0 fully saturated rings. The van der Waals surface area contributed by atoms with Crippen LogP contribution in [0.5, 0.6) is 0 Å². The molecule has 0 amide bonds. The second-order valence-electron chi connectivity index (χ2n) is 4.73. The number of benzene rings is 1. The van der Waals surface area contributed by atoms with E-state index in [2.05, 4.69) is 28.5 Å². The van der Waals surface area contributed by atoms with E-state index in [1.165, 1.54) is 5.57 Å². The molecule has 19 heavy (non-hydrogen) atoms. The number of pyridine rings is 1. The van der Waals surface area contributed by atoms with E-state index < -0.39 is 0 Å². The highest BCUT2D eigenvalue weighted by atomic mass is 35.5. The molecule has 2 aromatic rings. The number of hydrogen-bond acceptors (Lipinski definition) is 3. The van der Waals surface area contributed by atoms with Crippen molar-refractivity contribution < 1.29 is 0 Å². The molecule has 1 aliphatic carbocycles. The van der Waals surface area contributed by atoms with Crippen LogP contribution in [0.2, 0.25) is 5.02 Å². The number of nitrogens with zero attached hydrogens (tertiary/aromatic N) is 2. The Morgan fingerprint density at radius 1 is 1.26 bits per heavy atom. The zero-order valence-electron chi connectivity index (χ0n) is 10.7. The molecule has 0 bridgehead atoms. The summed E-state index contributed by atoms with van der Waals surface area (Å²) in [7, 11) is 0. The molecule has 4 heteroatoms. The minimum Gasteiger partial charge on any atom is -0.278 e. The molecule has 1 aromatic heterocycles. The van der Waals surface area contributed by atoms with Crippen molar-refractivity contribution in [1.29, 1.82) is 0 Å². The SMILES string of the molecule is CC1=C/C(=N\Nc2ccnc3cc(Cl)ccc23)CC1. The molecular formula is C15H14ClN3. The third kappa shape index (κ3) is 2.61. The third-order valence-corrected chi connectivity index (χ3v) is 3.45. The van der Waals surface area contributed by atoms with Crippen LogP contribution >= 0.6 is 11.6 Å². The fourth-order valence-corrected chi connectivity index (χ4v) is 2.36. The van der Waals surface area contributed by atoms with Gasteiger partial charge in [0.2, 0.25) is 0 Å². The Bertz CT molecular complexity index is 689. The first kappa shape index (κ1) is 12.2. The molecule has 1 aliphatic rings. The van der Waals surface area contributed by atoms with Crippen molar-refractivity contribution in [2.24, 2.45) is 5.10 Å². The minimum absolute atomic E-state index is 0.692. The van der Waals surface area contributed by atoms with E-state index >= 15 is 0 Å². The summed E-state index contributed by atoms with van der Waals surface area (Å²) in [6.07, 6.45) is 6.01. The van der Waals surface area contributed by atoms with Crippen molar-refractivity contribution in [3.8, 4) is 0 Å². The predicted octanol–water partition coefficient (Wildman–Crippen LogP) is 4.40. The number of anilines is 1. The van der Waals surface area contributed by atoms with Crippen LogP contribution in [0.1, 0.15) is 19.8 Å². The summed E-state index contributed by atoms with van der Waals surface area (Å²) in [5.41, 5.74) is 7.43. The number of hydrogen-bond donors (Lipinski definition) is 1. The summed E-state index contributed by atoms with van der Waals surface area (Å²) >= 11 is 5.97. The topological polar surface area (TPSA) is 37.3 Å². The molecule has 1 aromatic carbocycles. The van der Waals surface area contributed by atoms with E-state index in [-0.39, 0.29) is 0 Å². The van der Waals surface area contributed by atoms with Crippen LogP contribution in [0.3, 0.4) is 0 Å². The first-order valence-corrected chi connectivity index (χ1v) is 6.64. The van der Waals surface area contributed by atoms with Crippen LogP contribution in [-0.2, 0) is 0 Å². The van der Waals surface area contributed by atoms with E-state index in [1.807, 2.05) is 24.3 Å². The third-order valence-electron chi connectivity index (χ3n) is 3.21. The van der Waals surface area contributed by atoms with Gasteiger partial charge in [-0.15, -0.1) is 0 Å². The van der Waals surface area contributed by atoms with E-state index in [9.17, 15) is 0 Å². The summed E-state index contributed by atoms with van der Waals surface area (Å²) < 4.78 is 0. The number of allylic oxidation sites excluding steroid dienone is 2. The molecule has 3 rings (SSSR count). The summed E-state index contributed by atoms with van der Waals surface area (Å²) in [4.78, 5) is 4.31. The van der Waals surface area contributed by atoms with Gasteiger partial charge in [0.15, 0.2) is 0 Å². The van der Waals surface area contributed by atoms with Gasteiger partial charge in [-0.2, -0.15) is 5.10 Å². The number of halogens is 1. The smallest absolute Gasteiger partial charge is 0.0738 e. The van der Waals surface area contributed by atoms with Crippen LogP contribution in [0.25, 0.3) is 10.9 Å². The Morgan fingerprint density at radius 2 is 2.16 bits per heavy atom. The van der Waals surface area contributed by atoms with Crippen LogP contribution in [0, 0.1) is 0 Å². The first-order valence-electron chi connectivity index (χ1n) is 6.26. The lowest BCUT2D eigenvalue weighted by Gasteiger charge is -2.06. The molecule has 0 radical (unpaired) electrons. The molecule has 0 saturated carbocycles. The van der Waals surface area contributed by atoms with Gasteiger partial charge in [0.25, 0.3) is 0 Å². The van der Waals surface area contributed by atoms with Gasteiger partial charge in [0.1, 0.15) is 0 Å². The summed E-state index contributed by atoms with van der Waals surface area (Å²) in [6, 6.07) is 7.60. The largest absolute Gasteiger partial charge is 0.278 e. The molecule has 0 saturated heterocycles. The maximum absolute atomic E-state index is 5.97. The number of hydrazone groups is 1. The van der Waals surface area contributed by atoms with Gasteiger partial charge in [-0.05, 0) is 50.1 Å². The van der Waals surface area contributed by atoms with Crippen LogP contribution in [0.4, 0.5) is 5.69 Å². The van der Waals surface area contributed by atoms with Gasteiger partial charge < -0.3 is 0 Å². The Balaban J connectivity index is 1.93. The van der Waals surface area contributed by atoms with Gasteiger partial charge in [0.05, 0.1) is 16.9 Å². The highest BCUT2D eigenvalue weighted by molar-refractivity contribution is 6.31. The normalized spacial score (nSPS) is 16.9. The van der Waals surface area contributed by atoms with Crippen molar-refractivity contribution in [3.63, 3.8) is 0 Å². The number of fused-ring (bicyclic) bond motifs is 1. The molecule has 96 valence electrons. The molecule has 3 nitrogen and oxygen atoms in total. The fraction of sp³-hybridized carbons (Fsp3) is 0.200. The van der Waals surface area contributed by atoms with Crippen molar-refractivity contribution in [1.82, 2.24) is 4.98 Å². The van der Waals surface area contributed by atoms with Gasteiger partial charge in [-0.3, -0.25) is 10.4 Å². The Kier molecular flexibility index (Phi) is 3.22. The number of nitrogens with one attached hydrogen (secondary N) is 1.